The largest absolute Gasteiger partial charge is 0.508 e. The van der Waals surface area contributed by atoms with Crippen LogP contribution in [-0.4, -0.2) is 27.1 Å². The molecule has 0 saturated heterocycles. The van der Waals surface area contributed by atoms with Gasteiger partial charge in [0.1, 0.15) is 0 Å². The standard InChI is InChI=1S/C22H17BN2O2/c26-23(27)21-15-20(24-22(25-21)19-9-5-2-6-10-19)18-13-11-17(12-14-18)16-7-3-1-4-8-16/h1-15,26-27H. The molecule has 0 spiro atoms. The predicted molar refractivity (Wildman–Crippen MR) is 108 cm³/mol. The second-order valence-corrected chi connectivity index (χ2v) is 6.18. The summed E-state index contributed by atoms with van der Waals surface area (Å²) in [7, 11) is -1.65. The molecule has 0 atom stereocenters. The fraction of sp³-hybridized carbons (Fsp3) is 0. The summed E-state index contributed by atoms with van der Waals surface area (Å²) >= 11 is 0. The van der Waals surface area contributed by atoms with Crippen molar-refractivity contribution in [3.63, 3.8) is 0 Å². The third-order valence-corrected chi connectivity index (χ3v) is 4.33. The van der Waals surface area contributed by atoms with Gasteiger partial charge in [-0.1, -0.05) is 84.9 Å². The summed E-state index contributed by atoms with van der Waals surface area (Å²) in [6, 6.07) is 29.3. The number of hydrogen-bond acceptors (Lipinski definition) is 4. The summed E-state index contributed by atoms with van der Waals surface area (Å²) in [6.45, 7) is 0. The molecule has 0 bridgehead atoms. The Morgan fingerprint density at radius 2 is 1.07 bits per heavy atom. The lowest BCUT2D eigenvalue weighted by Crippen LogP contribution is -2.33. The third kappa shape index (κ3) is 3.79. The van der Waals surface area contributed by atoms with Crippen molar-refractivity contribution in [2.24, 2.45) is 0 Å². The van der Waals surface area contributed by atoms with Crippen molar-refractivity contribution in [3.05, 3.63) is 91.0 Å². The molecule has 4 nitrogen and oxygen atoms in total. The van der Waals surface area contributed by atoms with Gasteiger partial charge in [0.15, 0.2) is 5.82 Å². The van der Waals surface area contributed by atoms with Crippen molar-refractivity contribution in [3.8, 4) is 33.8 Å². The molecular weight excluding hydrogens is 335 g/mol. The fourth-order valence-electron chi connectivity index (χ4n) is 2.93. The Labute approximate surface area is 158 Å². The summed E-state index contributed by atoms with van der Waals surface area (Å²) in [5.41, 5.74) is 4.78. The number of aromatic nitrogens is 2. The Bertz CT molecular complexity index is 1040. The van der Waals surface area contributed by atoms with Crippen LogP contribution >= 0.6 is 0 Å². The highest BCUT2D eigenvalue weighted by Crippen LogP contribution is 2.24. The molecule has 0 radical (unpaired) electrons. The van der Waals surface area contributed by atoms with E-state index in [1.165, 1.54) is 0 Å². The maximum Gasteiger partial charge on any atom is 0.508 e. The fourth-order valence-corrected chi connectivity index (χ4v) is 2.93. The first-order valence-electron chi connectivity index (χ1n) is 8.67. The van der Waals surface area contributed by atoms with Crippen LogP contribution in [0.1, 0.15) is 0 Å². The van der Waals surface area contributed by atoms with Crippen LogP contribution < -0.4 is 5.59 Å². The molecule has 0 amide bonds. The van der Waals surface area contributed by atoms with Crippen LogP contribution in [0.2, 0.25) is 0 Å². The van der Waals surface area contributed by atoms with Crippen LogP contribution in [0.4, 0.5) is 0 Å². The minimum absolute atomic E-state index is 0.172. The van der Waals surface area contributed by atoms with Gasteiger partial charge in [0.2, 0.25) is 0 Å². The SMILES string of the molecule is OB(O)c1cc(-c2ccc(-c3ccccc3)cc2)nc(-c2ccccc2)n1. The first kappa shape index (κ1) is 17.2. The highest BCUT2D eigenvalue weighted by atomic mass is 16.4. The van der Waals surface area contributed by atoms with Crippen molar-refractivity contribution in [2.75, 3.05) is 0 Å². The number of hydrogen-bond donors (Lipinski definition) is 2. The quantitative estimate of drug-likeness (QED) is 0.554. The molecule has 2 N–H and O–H groups in total. The van der Waals surface area contributed by atoms with Gasteiger partial charge in [-0.2, -0.15) is 0 Å². The van der Waals surface area contributed by atoms with Gasteiger partial charge in [0.25, 0.3) is 0 Å². The van der Waals surface area contributed by atoms with E-state index in [4.69, 9.17) is 0 Å². The monoisotopic (exact) mass is 352 g/mol. The molecule has 27 heavy (non-hydrogen) atoms. The van der Waals surface area contributed by atoms with Crippen LogP contribution in [0.5, 0.6) is 0 Å². The van der Waals surface area contributed by atoms with Crippen LogP contribution in [0, 0.1) is 0 Å². The number of nitrogens with zero attached hydrogens (tertiary/aromatic N) is 2. The molecule has 4 rings (SSSR count). The van der Waals surface area contributed by atoms with Crippen LogP contribution in [-0.2, 0) is 0 Å². The first-order chi connectivity index (χ1) is 13.2. The lowest BCUT2D eigenvalue weighted by Gasteiger charge is -2.09. The number of rotatable bonds is 4. The van der Waals surface area contributed by atoms with Gasteiger partial charge in [-0.05, 0) is 17.2 Å². The topological polar surface area (TPSA) is 66.2 Å². The molecule has 0 saturated carbocycles. The Morgan fingerprint density at radius 1 is 0.556 bits per heavy atom. The van der Waals surface area contributed by atoms with Crippen molar-refractivity contribution < 1.29 is 10.0 Å². The molecule has 0 aliphatic carbocycles. The van der Waals surface area contributed by atoms with Gasteiger partial charge < -0.3 is 10.0 Å². The lowest BCUT2D eigenvalue weighted by molar-refractivity contribution is 0.424. The Balaban J connectivity index is 1.76. The molecule has 3 aromatic carbocycles. The number of benzene rings is 3. The zero-order valence-electron chi connectivity index (χ0n) is 14.5. The van der Waals surface area contributed by atoms with Gasteiger partial charge in [-0.15, -0.1) is 0 Å². The third-order valence-electron chi connectivity index (χ3n) is 4.33. The summed E-state index contributed by atoms with van der Waals surface area (Å²) in [5.74, 6) is 0.461. The normalized spacial score (nSPS) is 10.6. The van der Waals surface area contributed by atoms with E-state index in [9.17, 15) is 10.0 Å². The Kier molecular flexibility index (Phi) is 4.79. The molecule has 0 unspecified atom stereocenters. The van der Waals surface area contributed by atoms with Gasteiger partial charge in [-0.25, -0.2) is 9.97 Å². The average Bonchev–Trinajstić information content (AvgIpc) is 2.75. The second kappa shape index (κ2) is 7.54. The maximum atomic E-state index is 9.62. The zero-order valence-corrected chi connectivity index (χ0v) is 14.5. The van der Waals surface area contributed by atoms with E-state index >= 15 is 0 Å². The molecule has 5 heteroatoms. The predicted octanol–water partition coefficient (Wildman–Crippen LogP) is 3.16. The van der Waals surface area contributed by atoms with Crippen LogP contribution in [0.3, 0.4) is 0 Å². The Hall–Kier alpha value is -3.28. The highest BCUT2D eigenvalue weighted by molar-refractivity contribution is 6.57. The molecule has 4 aromatic rings. The summed E-state index contributed by atoms with van der Waals surface area (Å²) in [5, 5.41) is 19.2. The summed E-state index contributed by atoms with van der Waals surface area (Å²) in [4.78, 5) is 8.91. The van der Waals surface area contributed by atoms with E-state index in [0.29, 0.717) is 11.5 Å². The van der Waals surface area contributed by atoms with E-state index in [1.807, 2.05) is 72.8 Å². The minimum atomic E-state index is -1.65. The van der Waals surface area contributed by atoms with Gasteiger partial charge in [0, 0.05) is 11.1 Å². The van der Waals surface area contributed by atoms with E-state index in [2.05, 4.69) is 22.1 Å². The van der Waals surface area contributed by atoms with E-state index < -0.39 is 7.12 Å². The zero-order chi connectivity index (χ0) is 18.6. The summed E-state index contributed by atoms with van der Waals surface area (Å²) < 4.78 is 0. The lowest BCUT2D eigenvalue weighted by atomic mass is 9.85. The van der Waals surface area contributed by atoms with Gasteiger partial charge in [0.05, 0.1) is 11.3 Å². The molecule has 130 valence electrons. The second-order valence-electron chi connectivity index (χ2n) is 6.18. The van der Waals surface area contributed by atoms with Crippen LogP contribution in [0.15, 0.2) is 91.0 Å². The smallest absolute Gasteiger partial charge is 0.422 e. The van der Waals surface area contributed by atoms with E-state index in [0.717, 1.165) is 22.3 Å². The van der Waals surface area contributed by atoms with Gasteiger partial charge in [-0.3, -0.25) is 0 Å². The summed E-state index contributed by atoms with van der Waals surface area (Å²) in [6.07, 6.45) is 0. The van der Waals surface area contributed by atoms with Crippen molar-refractivity contribution in [2.45, 2.75) is 0 Å². The molecular formula is C22H17BN2O2. The minimum Gasteiger partial charge on any atom is -0.422 e. The van der Waals surface area contributed by atoms with Gasteiger partial charge >= 0.3 is 7.12 Å². The molecule has 0 aliphatic heterocycles. The molecule has 1 aromatic heterocycles. The van der Waals surface area contributed by atoms with Crippen LogP contribution in [0.25, 0.3) is 33.8 Å². The molecule has 0 aliphatic rings. The van der Waals surface area contributed by atoms with E-state index in [1.54, 1.807) is 6.07 Å². The molecule has 1 heterocycles. The van der Waals surface area contributed by atoms with E-state index in [-0.39, 0.29) is 5.59 Å². The maximum absolute atomic E-state index is 9.62. The Morgan fingerprint density at radius 3 is 1.67 bits per heavy atom. The highest BCUT2D eigenvalue weighted by Gasteiger charge is 2.17. The van der Waals surface area contributed by atoms with Crippen molar-refractivity contribution >= 4 is 12.7 Å². The van der Waals surface area contributed by atoms with Crippen molar-refractivity contribution in [1.29, 1.82) is 0 Å². The first-order valence-corrected chi connectivity index (χ1v) is 8.67. The molecule has 0 fully saturated rings. The van der Waals surface area contributed by atoms with Crippen molar-refractivity contribution in [1.82, 2.24) is 9.97 Å². The average molecular weight is 352 g/mol.